The average Bonchev–Trinajstić information content (AvgIpc) is 2.47. The zero-order chi connectivity index (χ0) is 15.3. The third kappa shape index (κ3) is 4.39. The maximum Gasteiger partial charge on any atom is 0.216 e. The van der Waals surface area contributed by atoms with Crippen LogP contribution in [0, 0.1) is 11.3 Å². The van der Waals surface area contributed by atoms with E-state index in [1.54, 1.807) is 24.3 Å². The molecule has 1 N–H and O–H groups in total. The lowest BCUT2D eigenvalue weighted by atomic mass is 10.1. The third-order valence-electron chi connectivity index (χ3n) is 2.92. The lowest BCUT2D eigenvalue weighted by Gasteiger charge is -2.09. The number of nitrogens with zero attached hydrogens (tertiary/aromatic N) is 1. The van der Waals surface area contributed by atoms with E-state index >= 15 is 0 Å². The predicted octanol–water partition coefficient (Wildman–Crippen LogP) is 2.94. The van der Waals surface area contributed by atoms with Crippen molar-refractivity contribution in [2.75, 3.05) is 0 Å². The van der Waals surface area contributed by atoms with Crippen molar-refractivity contribution in [1.29, 1.82) is 5.26 Å². The third-order valence-corrected chi connectivity index (χ3v) is 4.97. The van der Waals surface area contributed by atoms with Crippen LogP contribution in [0.2, 0.25) is 0 Å². The van der Waals surface area contributed by atoms with E-state index in [0.29, 0.717) is 11.1 Å². The molecule has 2 aromatic carbocycles. The standard InChI is InChI=1S/C15H13BrN2O2S/c16-15-8-4-3-6-13(15)10-18-21(19,20)11-14-7-2-1-5-12(14)9-17/h1-8,18H,10-11H2. The largest absolute Gasteiger partial charge is 0.216 e. The van der Waals surface area contributed by atoms with E-state index in [9.17, 15) is 8.42 Å². The topological polar surface area (TPSA) is 70.0 Å². The molecule has 0 amide bonds. The van der Waals surface area contributed by atoms with Crippen molar-refractivity contribution in [3.05, 3.63) is 69.7 Å². The summed E-state index contributed by atoms with van der Waals surface area (Å²) < 4.78 is 27.6. The molecule has 0 aliphatic rings. The highest BCUT2D eigenvalue weighted by atomic mass is 79.9. The minimum atomic E-state index is -3.50. The van der Waals surface area contributed by atoms with Crippen LogP contribution < -0.4 is 4.72 Å². The maximum atomic E-state index is 12.1. The molecule has 0 spiro atoms. The normalized spacial score (nSPS) is 11.0. The fourth-order valence-corrected chi connectivity index (χ4v) is 3.40. The van der Waals surface area contributed by atoms with Gasteiger partial charge in [-0.3, -0.25) is 0 Å². The van der Waals surface area contributed by atoms with E-state index in [1.165, 1.54) is 0 Å². The Balaban J connectivity index is 2.10. The summed E-state index contributed by atoms with van der Waals surface area (Å²) in [4.78, 5) is 0. The van der Waals surface area contributed by atoms with Gasteiger partial charge in [0.05, 0.1) is 17.4 Å². The van der Waals surface area contributed by atoms with Crippen LogP contribution >= 0.6 is 15.9 Å². The van der Waals surface area contributed by atoms with Crippen LogP contribution in [0.3, 0.4) is 0 Å². The van der Waals surface area contributed by atoms with Crippen molar-refractivity contribution in [2.24, 2.45) is 0 Å². The molecule has 0 radical (unpaired) electrons. The first kappa shape index (κ1) is 15.7. The molecule has 2 rings (SSSR count). The van der Waals surface area contributed by atoms with Crippen LogP contribution in [0.1, 0.15) is 16.7 Å². The molecule has 0 saturated heterocycles. The van der Waals surface area contributed by atoms with Crippen molar-refractivity contribution in [3.8, 4) is 6.07 Å². The molecule has 6 heteroatoms. The second-order valence-corrected chi connectivity index (χ2v) is 7.10. The van der Waals surface area contributed by atoms with Gasteiger partial charge in [0.15, 0.2) is 0 Å². The quantitative estimate of drug-likeness (QED) is 0.886. The van der Waals surface area contributed by atoms with E-state index in [2.05, 4.69) is 20.7 Å². The second kappa shape index (κ2) is 6.85. The maximum absolute atomic E-state index is 12.1. The summed E-state index contributed by atoms with van der Waals surface area (Å²) in [5, 5.41) is 8.99. The molecule has 0 heterocycles. The van der Waals surface area contributed by atoms with Crippen LogP contribution in [-0.4, -0.2) is 8.42 Å². The lowest BCUT2D eigenvalue weighted by molar-refractivity contribution is 0.580. The Morgan fingerprint density at radius 3 is 2.33 bits per heavy atom. The Labute approximate surface area is 132 Å². The number of sulfonamides is 1. The van der Waals surface area contributed by atoms with Gasteiger partial charge in [-0.15, -0.1) is 0 Å². The fraction of sp³-hybridized carbons (Fsp3) is 0.133. The van der Waals surface area contributed by atoms with Gasteiger partial charge in [-0.1, -0.05) is 52.3 Å². The number of halogens is 1. The number of benzene rings is 2. The van der Waals surface area contributed by atoms with Gasteiger partial charge in [-0.05, 0) is 23.3 Å². The SMILES string of the molecule is N#Cc1ccccc1CS(=O)(=O)NCc1ccccc1Br. The minimum absolute atomic E-state index is 0.207. The van der Waals surface area contributed by atoms with Gasteiger partial charge in [0.2, 0.25) is 10.0 Å². The summed E-state index contributed by atoms with van der Waals surface area (Å²) in [6, 6.07) is 16.1. The molecule has 108 valence electrons. The van der Waals surface area contributed by atoms with Gasteiger partial charge in [0.1, 0.15) is 0 Å². The first-order valence-corrected chi connectivity index (χ1v) is 8.65. The van der Waals surface area contributed by atoms with Gasteiger partial charge < -0.3 is 0 Å². The molecule has 4 nitrogen and oxygen atoms in total. The van der Waals surface area contributed by atoms with Gasteiger partial charge in [0, 0.05) is 11.0 Å². The molecule has 21 heavy (non-hydrogen) atoms. The summed E-state index contributed by atoms with van der Waals surface area (Å²) in [5.74, 6) is -0.207. The Morgan fingerprint density at radius 1 is 1.05 bits per heavy atom. The van der Waals surface area contributed by atoms with Crippen LogP contribution in [0.15, 0.2) is 53.0 Å². The summed E-state index contributed by atoms with van der Waals surface area (Å²) in [5.41, 5.74) is 1.73. The molecule has 0 aliphatic carbocycles. The van der Waals surface area contributed by atoms with Crippen LogP contribution in [0.4, 0.5) is 0 Å². The van der Waals surface area contributed by atoms with Gasteiger partial charge in [-0.2, -0.15) is 5.26 Å². The van der Waals surface area contributed by atoms with Crippen LogP contribution in [0.25, 0.3) is 0 Å². The summed E-state index contributed by atoms with van der Waals surface area (Å²) in [6.45, 7) is 0.207. The summed E-state index contributed by atoms with van der Waals surface area (Å²) in [7, 11) is -3.50. The van der Waals surface area contributed by atoms with E-state index < -0.39 is 10.0 Å². The lowest BCUT2D eigenvalue weighted by Crippen LogP contribution is -2.25. The Bertz CT molecular complexity index is 782. The van der Waals surface area contributed by atoms with Crippen molar-refractivity contribution in [1.82, 2.24) is 4.72 Å². The fourth-order valence-electron chi connectivity index (χ4n) is 1.84. The molecular weight excluding hydrogens is 352 g/mol. The number of nitrogens with one attached hydrogen (secondary N) is 1. The molecule has 0 fully saturated rings. The van der Waals surface area contributed by atoms with Gasteiger partial charge >= 0.3 is 0 Å². The monoisotopic (exact) mass is 364 g/mol. The van der Waals surface area contributed by atoms with Crippen molar-refractivity contribution >= 4 is 26.0 Å². The highest BCUT2D eigenvalue weighted by molar-refractivity contribution is 9.10. The highest BCUT2D eigenvalue weighted by Crippen LogP contribution is 2.16. The van der Waals surface area contributed by atoms with E-state index in [4.69, 9.17) is 5.26 Å². The zero-order valence-corrected chi connectivity index (χ0v) is 13.5. The number of nitriles is 1. The van der Waals surface area contributed by atoms with E-state index in [-0.39, 0.29) is 12.3 Å². The first-order valence-electron chi connectivity index (χ1n) is 6.20. The van der Waals surface area contributed by atoms with Crippen molar-refractivity contribution < 1.29 is 8.42 Å². The summed E-state index contributed by atoms with van der Waals surface area (Å²) >= 11 is 3.38. The Hall–Kier alpha value is -1.68. The molecular formula is C15H13BrN2O2S. The second-order valence-electron chi connectivity index (χ2n) is 4.44. The van der Waals surface area contributed by atoms with E-state index in [1.807, 2.05) is 30.3 Å². The van der Waals surface area contributed by atoms with Gasteiger partial charge in [0.25, 0.3) is 0 Å². The molecule has 0 unspecified atom stereocenters. The van der Waals surface area contributed by atoms with Crippen molar-refractivity contribution in [2.45, 2.75) is 12.3 Å². The number of hydrogen-bond donors (Lipinski definition) is 1. The molecule has 0 aromatic heterocycles. The zero-order valence-electron chi connectivity index (χ0n) is 11.1. The first-order chi connectivity index (χ1) is 10.0. The predicted molar refractivity (Wildman–Crippen MR) is 84.8 cm³/mol. The summed E-state index contributed by atoms with van der Waals surface area (Å²) in [6.07, 6.45) is 0. The molecule has 0 bridgehead atoms. The Morgan fingerprint density at radius 2 is 1.67 bits per heavy atom. The van der Waals surface area contributed by atoms with Gasteiger partial charge in [-0.25, -0.2) is 13.1 Å². The molecule has 2 aromatic rings. The number of hydrogen-bond acceptors (Lipinski definition) is 3. The number of rotatable bonds is 5. The van der Waals surface area contributed by atoms with Crippen LogP contribution in [0.5, 0.6) is 0 Å². The minimum Gasteiger partial charge on any atom is -0.212 e. The Kier molecular flexibility index (Phi) is 5.12. The molecule has 0 atom stereocenters. The molecule has 0 aliphatic heterocycles. The van der Waals surface area contributed by atoms with Crippen LogP contribution in [-0.2, 0) is 22.3 Å². The smallest absolute Gasteiger partial charge is 0.212 e. The van der Waals surface area contributed by atoms with Crippen molar-refractivity contribution in [3.63, 3.8) is 0 Å². The van der Waals surface area contributed by atoms with E-state index in [0.717, 1.165) is 10.0 Å². The highest BCUT2D eigenvalue weighted by Gasteiger charge is 2.14. The molecule has 0 saturated carbocycles. The average molecular weight is 365 g/mol.